The maximum Gasteiger partial charge on any atom is 0.422 e. The normalized spacial score (nSPS) is 11.4. The molecule has 5 nitrogen and oxygen atoms in total. The van der Waals surface area contributed by atoms with E-state index in [0.717, 1.165) is 20.9 Å². The van der Waals surface area contributed by atoms with Gasteiger partial charge in [-0.1, -0.05) is 28.1 Å². The summed E-state index contributed by atoms with van der Waals surface area (Å²) in [5.74, 6) is 0. The fourth-order valence-corrected chi connectivity index (χ4v) is 2.31. The van der Waals surface area contributed by atoms with E-state index in [0.29, 0.717) is 6.54 Å². The lowest BCUT2D eigenvalue weighted by Crippen LogP contribution is -2.40. The largest absolute Gasteiger partial charge is 0.443 e. The van der Waals surface area contributed by atoms with Gasteiger partial charge in [0.15, 0.2) is 0 Å². The van der Waals surface area contributed by atoms with Crippen molar-refractivity contribution in [3.05, 3.63) is 40.5 Å². The van der Waals surface area contributed by atoms with Crippen LogP contribution in [-0.2, 0) is 11.3 Å². The SMILES string of the molecule is CC(C)(C)OC(=O)NNCc1ccc(Br)c2cccnc12. The van der Waals surface area contributed by atoms with Gasteiger partial charge in [-0.3, -0.25) is 10.4 Å². The van der Waals surface area contributed by atoms with Crippen LogP contribution in [0.5, 0.6) is 0 Å². The number of hydrogen-bond donors (Lipinski definition) is 2. The molecule has 2 rings (SSSR count). The average Bonchev–Trinajstić information content (AvgIpc) is 2.40. The summed E-state index contributed by atoms with van der Waals surface area (Å²) in [5.41, 5.74) is 6.74. The Labute approximate surface area is 132 Å². The van der Waals surface area contributed by atoms with Crippen molar-refractivity contribution in [2.24, 2.45) is 0 Å². The minimum absolute atomic E-state index is 0.458. The molecule has 112 valence electrons. The highest BCUT2D eigenvalue weighted by Crippen LogP contribution is 2.24. The van der Waals surface area contributed by atoms with Crippen LogP contribution in [0.3, 0.4) is 0 Å². The predicted molar refractivity (Wildman–Crippen MR) is 85.7 cm³/mol. The molecular formula is C15H18BrN3O2. The number of halogens is 1. The Morgan fingerprint density at radius 3 is 2.81 bits per heavy atom. The Kier molecular flexibility index (Phi) is 4.80. The molecule has 0 fully saturated rings. The summed E-state index contributed by atoms with van der Waals surface area (Å²) in [6, 6.07) is 7.82. The molecule has 0 saturated carbocycles. The first-order valence-electron chi connectivity index (χ1n) is 6.61. The number of pyridine rings is 1. The summed E-state index contributed by atoms with van der Waals surface area (Å²) in [7, 11) is 0. The van der Waals surface area contributed by atoms with E-state index >= 15 is 0 Å². The standard InChI is InChI=1S/C15H18BrN3O2/c1-15(2,3)21-14(20)19-18-9-10-6-7-12(16)11-5-4-8-17-13(10)11/h4-8,18H,9H2,1-3H3,(H,19,20). The van der Waals surface area contributed by atoms with Gasteiger partial charge >= 0.3 is 6.09 Å². The summed E-state index contributed by atoms with van der Waals surface area (Å²) in [6.45, 7) is 5.91. The molecule has 21 heavy (non-hydrogen) atoms. The Hall–Kier alpha value is -1.66. The molecule has 0 saturated heterocycles. The van der Waals surface area contributed by atoms with Gasteiger partial charge in [-0.15, -0.1) is 0 Å². The third-order valence-electron chi connectivity index (χ3n) is 2.67. The van der Waals surface area contributed by atoms with Gasteiger partial charge in [0.05, 0.1) is 5.52 Å². The van der Waals surface area contributed by atoms with Crippen LogP contribution in [-0.4, -0.2) is 16.7 Å². The number of nitrogens with one attached hydrogen (secondary N) is 2. The van der Waals surface area contributed by atoms with Crippen LogP contribution >= 0.6 is 15.9 Å². The molecule has 1 amide bonds. The van der Waals surface area contributed by atoms with Crippen molar-refractivity contribution in [3.63, 3.8) is 0 Å². The zero-order valence-corrected chi connectivity index (χ0v) is 13.8. The molecule has 1 heterocycles. The minimum Gasteiger partial charge on any atom is -0.443 e. The quantitative estimate of drug-likeness (QED) is 0.830. The van der Waals surface area contributed by atoms with Gasteiger partial charge in [0, 0.05) is 22.6 Å². The summed E-state index contributed by atoms with van der Waals surface area (Å²) in [4.78, 5) is 15.9. The van der Waals surface area contributed by atoms with E-state index in [2.05, 4.69) is 31.8 Å². The highest BCUT2D eigenvalue weighted by molar-refractivity contribution is 9.10. The number of hydrogen-bond acceptors (Lipinski definition) is 4. The number of amides is 1. The van der Waals surface area contributed by atoms with E-state index in [1.165, 1.54) is 0 Å². The molecule has 0 atom stereocenters. The summed E-state index contributed by atoms with van der Waals surface area (Å²) >= 11 is 3.51. The molecule has 0 bridgehead atoms. The number of benzene rings is 1. The Bertz CT molecular complexity index is 653. The maximum atomic E-state index is 11.5. The second kappa shape index (κ2) is 6.41. The first-order chi connectivity index (χ1) is 9.87. The zero-order chi connectivity index (χ0) is 15.5. The fraction of sp³-hybridized carbons (Fsp3) is 0.333. The van der Waals surface area contributed by atoms with Crippen molar-refractivity contribution < 1.29 is 9.53 Å². The van der Waals surface area contributed by atoms with E-state index in [9.17, 15) is 4.79 Å². The van der Waals surface area contributed by atoms with Crippen LogP contribution in [0, 0.1) is 0 Å². The topological polar surface area (TPSA) is 63.2 Å². The molecule has 0 spiro atoms. The maximum absolute atomic E-state index is 11.5. The van der Waals surface area contributed by atoms with E-state index in [4.69, 9.17) is 4.74 Å². The van der Waals surface area contributed by atoms with Crippen molar-refractivity contribution in [2.75, 3.05) is 0 Å². The summed E-state index contributed by atoms with van der Waals surface area (Å²) in [5, 5.41) is 1.04. The lowest BCUT2D eigenvalue weighted by atomic mass is 10.1. The highest BCUT2D eigenvalue weighted by atomic mass is 79.9. The molecule has 0 unspecified atom stereocenters. The molecule has 0 aliphatic carbocycles. The molecule has 1 aromatic heterocycles. The fourth-order valence-electron chi connectivity index (χ4n) is 1.85. The lowest BCUT2D eigenvalue weighted by molar-refractivity contribution is 0.0497. The number of carbonyl (C=O) groups is 1. The second-order valence-corrected chi connectivity index (χ2v) is 6.44. The molecule has 2 N–H and O–H groups in total. The molecular weight excluding hydrogens is 334 g/mol. The molecule has 0 aliphatic heterocycles. The number of hydrazine groups is 1. The molecule has 2 aromatic rings. The molecule has 0 radical (unpaired) electrons. The Balaban J connectivity index is 2.02. The van der Waals surface area contributed by atoms with Gasteiger partial charge in [0.2, 0.25) is 0 Å². The summed E-state index contributed by atoms with van der Waals surface area (Å²) in [6.07, 6.45) is 1.25. The predicted octanol–water partition coefficient (Wildman–Crippen LogP) is 3.53. The van der Waals surface area contributed by atoms with Crippen molar-refractivity contribution in [1.82, 2.24) is 15.8 Å². The van der Waals surface area contributed by atoms with Gasteiger partial charge in [0.25, 0.3) is 0 Å². The number of ether oxygens (including phenoxy) is 1. The van der Waals surface area contributed by atoms with Crippen LogP contribution in [0.1, 0.15) is 26.3 Å². The van der Waals surface area contributed by atoms with Crippen molar-refractivity contribution in [1.29, 1.82) is 0 Å². The van der Waals surface area contributed by atoms with Crippen LogP contribution in [0.25, 0.3) is 10.9 Å². The third-order valence-corrected chi connectivity index (χ3v) is 3.36. The third kappa shape index (κ3) is 4.41. The number of rotatable bonds is 3. The number of fused-ring (bicyclic) bond motifs is 1. The van der Waals surface area contributed by atoms with Crippen LogP contribution in [0.4, 0.5) is 4.79 Å². The van der Waals surface area contributed by atoms with Gasteiger partial charge in [-0.2, -0.15) is 0 Å². The van der Waals surface area contributed by atoms with E-state index in [1.807, 2.05) is 45.0 Å². The minimum atomic E-state index is -0.516. The highest BCUT2D eigenvalue weighted by Gasteiger charge is 2.15. The number of carbonyl (C=O) groups excluding carboxylic acids is 1. The van der Waals surface area contributed by atoms with Gasteiger partial charge < -0.3 is 4.74 Å². The first kappa shape index (κ1) is 15.7. The molecule has 6 heteroatoms. The monoisotopic (exact) mass is 351 g/mol. The van der Waals surface area contributed by atoms with E-state index in [-0.39, 0.29) is 0 Å². The second-order valence-electron chi connectivity index (χ2n) is 5.59. The van der Waals surface area contributed by atoms with E-state index in [1.54, 1.807) is 6.20 Å². The van der Waals surface area contributed by atoms with Crippen LogP contribution in [0.15, 0.2) is 34.9 Å². The summed E-state index contributed by atoms with van der Waals surface area (Å²) < 4.78 is 6.14. The smallest absolute Gasteiger partial charge is 0.422 e. The van der Waals surface area contributed by atoms with Crippen molar-refractivity contribution >= 4 is 32.9 Å². The number of nitrogens with zero attached hydrogens (tertiary/aromatic N) is 1. The zero-order valence-electron chi connectivity index (χ0n) is 12.2. The van der Waals surface area contributed by atoms with Crippen LogP contribution < -0.4 is 10.9 Å². The van der Waals surface area contributed by atoms with Crippen molar-refractivity contribution in [3.8, 4) is 0 Å². The molecule has 0 aliphatic rings. The van der Waals surface area contributed by atoms with Crippen LogP contribution in [0.2, 0.25) is 0 Å². The van der Waals surface area contributed by atoms with Crippen molar-refractivity contribution in [2.45, 2.75) is 32.9 Å². The Morgan fingerprint density at radius 1 is 1.33 bits per heavy atom. The number of aromatic nitrogens is 1. The van der Waals surface area contributed by atoms with Gasteiger partial charge in [-0.25, -0.2) is 10.2 Å². The van der Waals surface area contributed by atoms with Gasteiger partial charge in [-0.05, 0) is 38.5 Å². The van der Waals surface area contributed by atoms with Gasteiger partial charge in [0.1, 0.15) is 5.60 Å². The first-order valence-corrected chi connectivity index (χ1v) is 7.40. The lowest BCUT2D eigenvalue weighted by Gasteiger charge is -2.20. The Morgan fingerprint density at radius 2 is 2.10 bits per heavy atom. The van der Waals surface area contributed by atoms with E-state index < -0.39 is 11.7 Å². The molecule has 1 aromatic carbocycles. The average molecular weight is 352 g/mol.